The largest absolute Gasteiger partial charge is 0.311 e. The molecule has 1 heterocycles. The van der Waals surface area contributed by atoms with Crippen LogP contribution in [0.2, 0.25) is 0 Å². The molecule has 3 rings (SSSR count). The van der Waals surface area contributed by atoms with Crippen LogP contribution < -0.4 is 5.32 Å². The number of piperazine rings is 1. The molecule has 3 fully saturated rings. The molecule has 1 N–H and O–H groups in total. The number of nitrogens with zero attached hydrogens (tertiary/aromatic N) is 1. The predicted octanol–water partition coefficient (Wildman–Crippen LogP) is 3.42. The van der Waals surface area contributed by atoms with Crippen LogP contribution in [0.1, 0.15) is 57.8 Å². The molecule has 2 nitrogen and oxygen atoms in total. The fraction of sp³-hybridized carbons (Fsp3) is 1.00. The number of rotatable bonds is 3. The Kier molecular flexibility index (Phi) is 4.61. The van der Waals surface area contributed by atoms with E-state index in [1.54, 1.807) is 0 Å². The van der Waals surface area contributed by atoms with Gasteiger partial charge in [-0.1, -0.05) is 32.1 Å². The standard InChI is InChI=1S/C16H28F2N2/c17-15(18)11-20-10-14(13-6-2-1-3-7-13)19-12-16(20)8-4-5-9-16/h13-15,19H,1-12H2. The molecule has 0 amide bonds. The molecule has 3 aliphatic rings. The van der Waals surface area contributed by atoms with Crippen molar-refractivity contribution in [1.29, 1.82) is 0 Å². The van der Waals surface area contributed by atoms with Crippen LogP contribution in [0, 0.1) is 5.92 Å². The van der Waals surface area contributed by atoms with E-state index in [1.807, 2.05) is 0 Å². The highest BCUT2D eigenvalue weighted by molar-refractivity contribution is 5.03. The van der Waals surface area contributed by atoms with E-state index in [1.165, 1.54) is 44.9 Å². The topological polar surface area (TPSA) is 15.3 Å². The van der Waals surface area contributed by atoms with Crippen LogP contribution in [0.3, 0.4) is 0 Å². The monoisotopic (exact) mass is 286 g/mol. The van der Waals surface area contributed by atoms with Crippen LogP contribution in [-0.4, -0.2) is 42.5 Å². The summed E-state index contributed by atoms with van der Waals surface area (Å²) in [5, 5.41) is 3.74. The lowest BCUT2D eigenvalue weighted by molar-refractivity contribution is -0.0179. The van der Waals surface area contributed by atoms with Gasteiger partial charge in [-0.05, 0) is 31.6 Å². The van der Waals surface area contributed by atoms with Gasteiger partial charge >= 0.3 is 0 Å². The molecule has 0 aromatic carbocycles. The van der Waals surface area contributed by atoms with Gasteiger partial charge in [0.15, 0.2) is 0 Å². The lowest BCUT2D eigenvalue weighted by Crippen LogP contribution is -2.65. The first-order valence-corrected chi connectivity index (χ1v) is 8.46. The highest BCUT2D eigenvalue weighted by Gasteiger charge is 2.45. The Morgan fingerprint density at radius 1 is 1.05 bits per heavy atom. The van der Waals surface area contributed by atoms with Gasteiger partial charge in [-0.2, -0.15) is 0 Å². The third-order valence-corrected chi connectivity index (χ3v) is 5.89. The maximum Gasteiger partial charge on any atom is 0.251 e. The maximum atomic E-state index is 13.0. The molecule has 1 spiro atoms. The summed E-state index contributed by atoms with van der Waals surface area (Å²) in [5.41, 5.74) is 0.0433. The summed E-state index contributed by atoms with van der Waals surface area (Å²) >= 11 is 0. The average molecular weight is 286 g/mol. The van der Waals surface area contributed by atoms with Crippen LogP contribution in [0.5, 0.6) is 0 Å². The number of halogens is 2. The summed E-state index contributed by atoms with van der Waals surface area (Å²) < 4.78 is 25.9. The number of hydrogen-bond donors (Lipinski definition) is 1. The molecule has 0 bridgehead atoms. The van der Waals surface area contributed by atoms with Gasteiger partial charge in [-0.15, -0.1) is 0 Å². The van der Waals surface area contributed by atoms with Gasteiger partial charge in [0.1, 0.15) is 0 Å². The number of nitrogens with one attached hydrogen (secondary N) is 1. The zero-order valence-corrected chi connectivity index (χ0v) is 12.4. The molecule has 20 heavy (non-hydrogen) atoms. The molecule has 0 aromatic rings. The highest BCUT2D eigenvalue weighted by atomic mass is 19.3. The Morgan fingerprint density at radius 3 is 2.40 bits per heavy atom. The summed E-state index contributed by atoms with van der Waals surface area (Å²) in [6.07, 6.45) is 8.98. The van der Waals surface area contributed by atoms with Crippen molar-refractivity contribution >= 4 is 0 Å². The number of alkyl halides is 2. The van der Waals surface area contributed by atoms with Crippen molar-refractivity contribution in [2.75, 3.05) is 19.6 Å². The molecule has 0 aromatic heterocycles. The Labute approximate surface area is 121 Å². The highest BCUT2D eigenvalue weighted by Crippen LogP contribution is 2.39. The molecule has 2 saturated carbocycles. The SMILES string of the molecule is FC(F)CN1CC(C2CCCCC2)NCC12CCCC2. The molecule has 2 aliphatic carbocycles. The van der Waals surface area contributed by atoms with Gasteiger partial charge in [0.05, 0.1) is 6.54 Å². The Bertz CT molecular complexity index is 310. The van der Waals surface area contributed by atoms with Crippen LogP contribution in [0.4, 0.5) is 8.78 Å². The summed E-state index contributed by atoms with van der Waals surface area (Å²) in [7, 11) is 0. The normalized spacial score (nSPS) is 32.2. The van der Waals surface area contributed by atoms with E-state index in [-0.39, 0.29) is 12.1 Å². The van der Waals surface area contributed by atoms with E-state index in [4.69, 9.17) is 0 Å². The third kappa shape index (κ3) is 3.01. The molecule has 4 heteroatoms. The Morgan fingerprint density at radius 2 is 1.75 bits per heavy atom. The fourth-order valence-electron chi connectivity index (χ4n) is 4.74. The fourth-order valence-corrected chi connectivity index (χ4v) is 4.74. The molecular weight excluding hydrogens is 258 g/mol. The summed E-state index contributed by atoms with van der Waals surface area (Å²) in [6.45, 7) is 1.75. The van der Waals surface area contributed by atoms with E-state index in [9.17, 15) is 8.78 Å². The minimum atomic E-state index is -2.20. The summed E-state index contributed by atoms with van der Waals surface area (Å²) in [5.74, 6) is 0.711. The van der Waals surface area contributed by atoms with Crippen LogP contribution >= 0.6 is 0 Å². The van der Waals surface area contributed by atoms with Crippen molar-refractivity contribution in [2.24, 2.45) is 5.92 Å². The second-order valence-electron chi connectivity index (χ2n) is 7.11. The molecular formula is C16H28F2N2. The Balaban J connectivity index is 1.66. The molecule has 1 atom stereocenters. The van der Waals surface area contributed by atoms with Gasteiger partial charge < -0.3 is 5.32 Å². The number of hydrogen-bond acceptors (Lipinski definition) is 2. The lowest BCUT2D eigenvalue weighted by Gasteiger charge is -2.50. The molecule has 1 unspecified atom stereocenters. The smallest absolute Gasteiger partial charge is 0.251 e. The maximum absolute atomic E-state index is 13.0. The zero-order valence-electron chi connectivity index (χ0n) is 12.4. The predicted molar refractivity (Wildman–Crippen MR) is 77.1 cm³/mol. The van der Waals surface area contributed by atoms with Crippen molar-refractivity contribution in [2.45, 2.75) is 75.8 Å². The van der Waals surface area contributed by atoms with Crippen LogP contribution in [0.15, 0.2) is 0 Å². The summed E-state index contributed by atoms with van der Waals surface area (Å²) in [6, 6.07) is 0.445. The van der Waals surface area contributed by atoms with Crippen molar-refractivity contribution in [3.8, 4) is 0 Å². The van der Waals surface area contributed by atoms with Crippen molar-refractivity contribution in [3.05, 3.63) is 0 Å². The van der Waals surface area contributed by atoms with Gasteiger partial charge in [0.2, 0.25) is 0 Å². The first kappa shape index (κ1) is 14.7. The van der Waals surface area contributed by atoms with E-state index in [2.05, 4.69) is 10.2 Å². The van der Waals surface area contributed by atoms with Crippen LogP contribution in [-0.2, 0) is 0 Å². The quantitative estimate of drug-likeness (QED) is 0.855. The van der Waals surface area contributed by atoms with Crippen molar-refractivity contribution in [3.63, 3.8) is 0 Å². The molecule has 1 aliphatic heterocycles. The molecule has 0 radical (unpaired) electrons. The van der Waals surface area contributed by atoms with E-state index < -0.39 is 6.43 Å². The minimum Gasteiger partial charge on any atom is -0.311 e. The van der Waals surface area contributed by atoms with E-state index in [0.717, 1.165) is 25.9 Å². The average Bonchev–Trinajstić information content (AvgIpc) is 2.91. The first-order chi connectivity index (χ1) is 9.70. The van der Waals surface area contributed by atoms with Gasteiger partial charge in [0.25, 0.3) is 6.43 Å². The first-order valence-electron chi connectivity index (χ1n) is 8.46. The lowest BCUT2D eigenvalue weighted by atomic mass is 9.80. The molecule has 1 saturated heterocycles. The van der Waals surface area contributed by atoms with E-state index >= 15 is 0 Å². The van der Waals surface area contributed by atoms with Gasteiger partial charge in [0, 0.05) is 24.7 Å². The van der Waals surface area contributed by atoms with Gasteiger partial charge in [-0.3, -0.25) is 4.90 Å². The third-order valence-electron chi connectivity index (χ3n) is 5.89. The van der Waals surface area contributed by atoms with E-state index in [0.29, 0.717) is 12.0 Å². The molecule has 116 valence electrons. The second-order valence-corrected chi connectivity index (χ2v) is 7.11. The summed E-state index contributed by atoms with van der Waals surface area (Å²) in [4.78, 5) is 2.15. The van der Waals surface area contributed by atoms with Gasteiger partial charge in [-0.25, -0.2) is 8.78 Å². The van der Waals surface area contributed by atoms with Crippen molar-refractivity contribution < 1.29 is 8.78 Å². The zero-order chi connectivity index (χ0) is 14.0. The van der Waals surface area contributed by atoms with Crippen LogP contribution in [0.25, 0.3) is 0 Å². The second kappa shape index (κ2) is 6.27. The van der Waals surface area contributed by atoms with Crippen molar-refractivity contribution in [1.82, 2.24) is 10.2 Å². The minimum absolute atomic E-state index is 0.0229. The Hall–Kier alpha value is -0.220.